The van der Waals surface area contributed by atoms with Crippen LogP contribution in [0.25, 0.3) is 0 Å². The number of anilines is 1. The van der Waals surface area contributed by atoms with Crippen molar-refractivity contribution in [3.8, 4) is 0 Å². The number of pyridine rings is 1. The van der Waals surface area contributed by atoms with E-state index in [2.05, 4.69) is 10.3 Å². The van der Waals surface area contributed by atoms with Crippen molar-refractivity contribution in [2.75, 3.05) is 18.5 Å². The first-order valence-corrected chi connectivity index (χ1v) is 6.25. The molecule has 0 saturated carbocycles. The van der Waals surface area contributed by atoms with E-state index in [-0.39, 0.29) is 18.0 Å². The Labute approximate surface area is 112 Å². The molecule has 6 heteroatoms. The molecule has 1 aromatic heterocycles. The van der Waals surface area contributed by atoms with Gasteiger partial charge in [-0.3, -0.25) is 5.32 Å². The molecule has 0 atom stereocenters. The number of carbonyl (C=O) groups excluding carboxylic acids is 2. The van der Waals surface area contributed by atoms with Crippen LogP contribution in [-0.2, 0) is 9.47 Å². The molecule has 0 fully saturated rings. The molecule has 1 heterocycles. The van der Waals surface area contributed by atoms with Gasteiger partial charge in [0.05, 0.1) is 13.2 Å². The van der Waals surface area contributed by atoms with Gasteiger partial charge in [-0.05, 0) is 25.5 Å². The molecule has 0 unspecified atom stereocenters. The monoisotopic (exact) mass is 266 g/mol. The number of carbonyl (C=O) groups is 2. The minimum atomic E-state index is -0.627. The van der Waals surface area contributed by atoms with Gasteiger partial charge in [-0.15, -0.1) is 0 Å². The molecule has 0 aliphatic heterocycles. The van der Waals surface area contributed by atoms with E-state index in [9.17, 15) is 9.59 Å². The number of hydrogen-bond donors (Lipinski definition) is 1. The predicted molar refractivity (Wildman–Crippen MR) is 70.1 cm³/mol. The zero-order valence-corrected chi connectivity index (χ0v) is 11.1. The normalized spacial score (nSPS) is 9.79. The number of ether oxygens (including phenoxy) is 2. The van der Waals surface area contributed by atoms with Crippen molar-refractivity contribution < 1.29 is 19.1 Å². The SMILES string of the molecule is CCCCOC(=O)Nc1ncccc1C(=O)OCC. The maximum atomic E-state index is 11.7. The number of rotatable bonds is 6. The fraction of sp³-hybridized carbons (Fsp3) is 0.462. The molecule has 104 valence electrons. The number of aromatic nitrogens is 1. The quantitative estimate of drug-likeness (QED) is 0.632. The molecule has 1 N–H and O–H groups in total. The van der Waals surface area contributed by atoms with Gasteiger partial charge in [0, 0.05) is 6.20 Å². The van der Waals surface area contributed by atoms with Crippen molar-refractivity contribution in [2.45, 2.75) is 26.7 Å². The van der Waals surface area contributed by atoms with E-state index >= 15 is 0 Å². The Morgan fingerprint density at radius 2 is 2.11 bits per heavy atom. The molecule has 1 rings (SSSR count). The minimum absolute atomic E-state index is 0.141. The average Bonchev–Trinajstić information content (AvgIpc) is 2.40. The van der Waals surface area contributed by atoms with Crippen LogP contribution >= 0.6 is 0 Å². The number of unbranched alkanes of at least 4 members (excludes halogenated alkanes) is 1. The first-order chi connectivity index (χ1) is 9.19. The van der Waals surface area contributed by atoms with Gasteiger partial charge in [0.1, 0.15) is 11.4 Å². The van der Waals surface area contributed by atoms with Crippen LogP contribution < -0.4 is 5.32 Å². The highest BCUT2D eigenvalue weighted by atomic mass is 16.5. The van der Waals surface area contributed by atoms with E-state index in [4.69, 9.17) is 9.47 Å². The lowest BCUT2D eigenvalue weighted by molar-refractivity contribution is 0.0527. The van der Waals surface area contributed by atoms with Crippen LogP contribution in [0.2, 0.25) is 0 Å². The van der Waals surface area contributed by atoms with Crippen molar-refractivity contribution in [1.82, 2.24) is 4.98 Å². The fourth-order valence-electron chi connectivity index (χ4n) is 1.32. The first kappa shape index (κ1) is 14.9. The second kappa shape index (κ2) is 8.07. The van der Waals surface area contributed by atoms with E-state index in [0.29, 0.717) is 6.61 Å². The summed E-state index contributed by atoms with van der Waals surface area (Å²) in [5.41, 5.74) is 0.205. The summed E-state index contributed by atoms with van der Waals surface area (Å²) in [4.78, 5) is 27.1. The summed E-state index contributed by atoms with van der Waals surface area (Å²) in [6, 6.07) is 3.13. The zero-order chi connectivity index (χ0) is 14.1. The van der Waals surface area contributed by atoms with Gasteiger partial charge in [-0.25, -0.2) is 14.6 Å². The average molecular weight is 266 g/mol. The highest BCUT2D eigenvalue weighted by Gasteiger charge is 2.15. The highest BCUT2D eigenvalue weighted by molar-refractivity contribution is 5.98. The molecule has 0 bridgehead atoms. The van der Waals surface area contributed by atoms with Crippen LogP contribution in [0.1, 0.15) is 37.0 Å². The van der Waals surface area contributed by atoms with Crippen molar-refractivity contribution in [2.24, 2.45) is 0 Å². The minimum Gasteiger partial charge on any atom is -0.462 e. The molecule has 0 spiro atoms. The summed E-state index contributed by atoms with van der Waals surface area (Å²) in [7, 11) is 0. The Bertz CT molecular complexity index is 434. The number of nitrogens with one attached hydrogen (secondary N) is 1. The van der Waals surface area contributed by atoms with Crippen molar-refractivity contribution >= 4 is 17.9 Å². The molecular weight excluding hydrogens is 248 g/mol. The Balaban J connectivity index is 2.67. The van der Waals surface area contributed by atoms with E-state index in [1.54, 1.807) is 13.0 Å². The number of hydrogen-bond acceptors (Lipinski definition) is 5. The second-order valence-electron chi connectivity index (χ2n) is 3.73. The summed E-state index contributed by atoms with van der Waals surface area (Å²) >= 11 is 0. The standard InChI is InChI=1S/C13H18N2O4/c1-3-5-9-19-13(17)15-11-10(7-6-8-14-11)12(16)18-4-2/h6-8H,3-5,9H2,1-2H3,(H,14,15,17). The van der Waals surface area contributed by atoms with Gasteiger partial charge in [0.25, 0.3) is 0 Å². The summed E-state index contributed by atoms with van der Waals surface area (Å²) in [5.74, 6) is -0.387. The number of amides is 1. The van der Waals surface area contributed by atoms with Crippen molar-refractivity contribution in [1.29, 1.82) is 0 Å². The fourth-order valence-corrected chi connectivity index (χ4v) is 1.32. The van der Waals surface area contributed by atoms with Crippen LogP contribution in [0.15, 0.2) is 18.3 Å². The molecule has 19 heavy (non-hydrogen) atoms. The van der Waals surface area contributed by atoms with Crippen LogP contribution in [0.3, 0.4) is 0 Å². The van der Waals surface area contributed by atoms with Crippen molar-refractivity contribution in [3.63, 3.8) is 0 Å². The van der Waals surface area contributed by atoms with Gasteiger partial charge in [-0.1, -0.05) is 13.3 Å². The molecular formula is C13H18N2O4. The molecule has 1 aromatic rings. The third-order valence-corrected chi connectivity index (χ3v) is 2.25. The summed E-state index contributed by atoms with van der Waals surface area (Å²) < 4.78 is 9.82. The third kappa shape index (κ3) is 4.95. The topological polar surface area (TPSA) is 77.5 Å². The summed E-state index contributed by atoms with van der Waals surface area (Å²) in [5, 5.41) is 2.44. The van der Waals surface area contributed by atoms with Gasteiger partial charge < -0.3 is 9.47 Å². The summed E-state index contributed by atoms with van der Waals surface area (Å²) in [6.45, 7) is 4.30. The van der Waals surface area contributed by atoms with E-state index in [1.807, 2.05) is 6.92 Å². The Kier molecular flexibility index (Phi) is 6.35. The molecule has 6 nitrogen and oxygen atoms in total. The molecule has 0 radical (unpaired) electrons. The van der Waals surface area contributed by atoms with E-state index in [0.717, 1.165) is 12.8 Å². The van der Waals surface area contributed by atoms with Crippen LogP contribution in [0.5, 0.6) is 0 Å². The maximum Gasteiger partial charge on any atom is 0.412 e. The van der Waals surface area contributed by atoms with Crippen molar-refractivity contribution in [3.05, 3.63) is 23.9 Å². The number of esters is 1. The maximum absolute atomic E-state index is 11.7. The lowest BCUT2D eigenvalue weighted by atomic mass is 10.2. The van der Waals surface area contributed by atoms with Gasteiger partial charge in [0.15, 0.2) is 0 Å². The largest absolute Gasteiger partial charge is 0.462 e. The second-order valence-corrected chi connectivity index (χ2v) is 3.73. The Hall–Kier alpha value is -2.11. The Morgan fingerprint density at radius 1 is 1.32 bits per heavy atom. The van der Waals surface area contributed by atoms with Gasteiger partial charge in [-0.2, -0.15) is 0 Å². The van der Waals surface area contributed by atoms with E-state index < -0.39 is 12.1 Å². The third-order valence-electron chi connectivity index (χ3n) is 2.25. The van der Waals surface area contributed by atoms with Crippen LogP contribution in [0.4, 0.5) is 10.6 Å². The lowest BCUT2D eigenvalue weighted by Crippen LogP contribution is -2.18. The lowest BCUT2D eigenvalue weighted by Gasteiger charge is -2.09. The molecule has 1 amide bonds. The zero-order valence-electron chi connectivity index (χ0n) is 11.1. The van der Waals surface area contributed by atoms with Gasteiger partial charge >= 0.3 is 12.1 Å². The molecule has 0 aliphatic rings. The van der Waals surface area contributed by atoms with E-state index in [1.165, 1.54) is 12.3 Å². The smallest absolute Gasteiger partial charge is 0.412 e. The first-order valence-electron chi connectivity index (χ1n) is 6.25. The van der Waals surface area contributed by atoms with Crippen LogP contribution in [-0.4, -0.2) is 30.3 Å². The summed E-state index contributed by atoms with van der Waals surface area (Å²) in [6.07, 6.45) is 2.58. The Morgan fingerprint density at radius 3 is 2.79 bits per heavy atom. The van der Waals surface area contributed by atoms with Gasteiger partial charge in [0.2, 0.25) is 0 Å². The molecule has 0 aromatic carbocycles. The molecule has 0 aliphatic carbocycles. The predicted octanol–water partition coefficient (Wildman–Crippen LogP) is 2.61. The highest BCUT2D eigenvalue weighted by Crippen LogP contribution is 2.13. The number of nitrogens with zero attached hydrogens (tertiary/aromatic N) is 1. The molecule has 0 saturated heterocycles. The van der Waals surface area contributed by atoms with Crippen LogP contribution in [0, 0.1) is 0 Å².